The second-order valence-corrected chi connectivity index (χ2v) is 8.27. The number of hydroxylamine groups is 2. The molecule has 0 spiro atoms. The van der Waals surface area contributed by atoms with E-state index < -0.39 is 6.03 Å². The van der Waals surface area contributed by atoms with Crippen molar-refractivity contribution in [3.63, 3.8) is 0 Å². The maximum atomic E-state index is 11.2. The van der Waals surface area contributed by atoms with Crippen LogP contribution < -0.4 is 15.6 Å². The van der Waals surface area contributed by atoms with E-state index in [0.29, 0.717) is 18.2 Å². The molecule has 0 radical (unpaired) electrons. The van der Waals surface area contributed by atoms with Crippen LogP contribution in [0.1, 0.15) is 71.9 Å². The average Bonchev–Trinajstić information content (AvgIpc) is 2.63. The molecule has 0 unspecified atom stereocenters. The van der Waals surface area contributed by atoms with E-state index in [-0.39, 0.29) is 10.8 Å². The highest BCUT2D eigenvalue weighted by Crippen LogP contribution is 2.38. The molecular formula is C21H37N3O3. The van der Waals surface area contributed by atoms with E-state index in [1.165, 1.54) is 18.2 Å². The van der Waals surface area contributed by atoms with Crippen molar-refractivity contribution in [1.29, 1.82) is 0 Å². The van der Waals surface area contributed by atoms with Crippen LogP contribution in [0.3, 0.4) is 0 Å². The molecule has 154 valence electrons. The highest BCUT2D eigenvalue weighted by atomic mass is 16.5. The largest absolute Gasteiger partial charge is 0.493 e. The lowest BCUT2D eigenvalue weighted by atomic mass is 9.76. The van der Waals surface area contributed by atoms with Crippen molar-refractivity contribution in [3.8, 4) is 5.75 Å². The summed E-state index contributed by atoms with van der Waals surface area (Å²) in [5, 5.41) is 9.44. The first-order valence-electron chi connectivity index (χ1n) is 9.78. The molecule has 0 aliphatic rings. The van der Waals surface area contributed by atoms with Crippen LogP contribution in [0.5, 0.6) is 5.75 Å². The topological polar surface area (TPSA) is 73.8 Å². The molecule has 0 saturated heterocycles. The quantitative estimate of drug-likeness (QED) is 0.321. The molecule has 2 amide bonds. The molecule has 0 atom stereocenters. The molecule has 0 aliphatic carbocycles. The molecule has 0 bridgehead atoms. The van der Waals surface area contributed by atoms with Gasteiger partial charge in [0.2, 0.25) is 0 Å². The first-order valence-corrected chi connectivity index (χ1v) is 9.78. The summed E-state index contributed by atoms with van der Waals surface area (Å²) in [7, 11) is 1.26. The number of hydrazine groups is 1. The van der Waals surface area contributed by atoms with Gasteiger partial charge in [0.15, 0.2) is 0 Å². The van der Waals surface area contributed by atoms with Gasteiger partial charge in [-0.1, -0.05) is 53.7 Å². The maximum Gasteiger partial charge on any atom is 0.355 e. The van der Waals surface area contributed by atoms with Crippen LogP contribution in [0.15, 0.2) is 18.2 Å². The molecule has 0 aliphatic heterocycles. The fraction of sp³-hybridized carbons (Fsp3) is 0.667. The van der Waals surface area contributed by atoms with Crippen LogP contribution in [-0.4, -0.2) is 36.5 Å². The van der Waals surface area contributed by atoms with Gasteiger partial charge in [-0.2, -0.15) is 0 Å². The Morgan fingerprint density at radius 2 is 1.78 bits per heavy atom. The monoisotopic (exact) mass is 379 g/mol. The zero-order valence-corrected chi connectivity index (χ0v) is 18.0. The minimum Gasteiger partial charge on any atom is -0.493 e. The second kappa shape index (κ2) is 9.95. The SMILES string of the molecule is CCC(C)(C)c1ccc(OCCCNNC(=O)N(C)O)c(C(C)(C)CC)c1. The predicted octanol–water partition coefficient (Wildman–Crippen LogP) is 4.37. The van der Waals surface area contributed by atoms with Crippen molar-refractivity contribution in [3.05, 3.63) is 29.3 Å². The molecule has 6 nitrogen and oxygen atoms in total. The summed E-state index contributed by atoms with van der Waals surface area (Å²) in [6.45, 7) is 14.6. The summed E-state index contributed by atoms with van der Waals surface area (Å²) in [6.07, 6.45) is 2.84. The van der Waals surface area contributed by atoms with Crippen LogP contribution in [-0.2, 0) is 10.8 Å². The minimum atomic E-state index is -0.600. The highest BCUT2D eigenvalue weighted by Gasteiger charge is 2.26. The van der Waals surface area contributed by atoms with Gasteiger partial charge in [0.05, 0.1) is 6.61 Å². The first kappa shape index (κ1) is 23.2. The summed E-state index contributed by atoms with van der Waals surface area (Å²) in [5.74, 6) is 0.927. The number of nitrogens with one attached hydrogen (secondary N) is 2. The van der Waals surface area contributed by atoms with Crippen molar-refractivity contribution in [2.45, 2.75) is 71.6 Å². The van der Waals surface area contributed by atoms with Gasteiger partial charge in [-0.3, -0.25) is 10.6 Å². The Morgan fingerprint density at radius 3 is 2.33 bits per heavy atom. The highest BCUT2D eigenvalue weighted by molar-refractivity contribution is 5.71. The number of carbonyl (C=O) groups excluding carboxylic acids is 1. The van der Waals surface area contributed by atoms with Gasteiger partial charge in [-0.15, -0.1) is 0 Å². The first-order chi connectivity index (χ1) is 12.5. The molecule has 6 heteroatoms. The molecule has 27 heavy (non-hydrogen) atoms. The number of rotatable bonds is 10. The van der Waals surface area contributed by atoms with Crippen molar-refractivity contribution < 1.29 is 14.7 Å². The third-order valence-corrected chi connectivity index (χ3v) is 5.45. The van der Waals surface area contributed by atoms with Crippen LogP contribution in [0, 0.1) is 0 Å². The van der Waals surface area contributed by atoms with Gasteiger partial charge >= 0.3 is 6.03 Å². The smallest absolute Gasteiger partial charge is 0.355 e. The minimum absolute atomic E-state index is 0.0348. The van der Waals surface area contributed by atoms with Crippen molar-refractivity contribution in [2.75, 3.05) is 20.2 Å². The number of benzene rings is 1. The van der Waals surface area contributed by atoms with E-state index in [1.807, 2.05) is 0 Å². The Morgan fingerprint density at radius 1 is 1.15 bits per heavy atom. The van der Waals surface area contributed by atoms with Crippen molar-refractivity contribution in [1.82, 2.24) is 15.9 Å². The summed E-state index contributed by atoms with van der Waals surface area (Å²) in [5.41, 5.74) is 7.91. The zero-order valence-electron chi connectivity index (χ0n) is 18.0. The number of hydrogen-bond donors (Lipinski definition) is 3. The number of nitrogens with zero attached hydrogens (tertiary/aromatic N) is 1. The normalized spacial score (nSPS) is 12.0. The van der Waals surface area contributed by atoms with Gasteiger partial charge < -0.3 is 4.74 Å². The lowest BCUT2D eigenvalue weighted by Crippen LogP contribution is -2.44. The number of urea groups is 1. The summed E-state index contributed by atoms with van der Waals surface area (Å²) < 4.78 is 6.07. The predicted molar refractivity (Wildman–Crippen MR) is 109 cm³/mol. The molecular weight excluding hydrogens is 342 g/mol. The van der Waals surface area contributed by atoms with Gasteiger partial charge in [0, 0.05) is 19.2 Å². The van der Waals surface area contributed by atoms with Gasteiger partial charge in [-0.25, -0.2) is 15.3 Å². The lowest BCUT2D eigenvalue weighted by molar-refractivity contribution is -0.0197. The van der Waals surface area contributed by atoms with E-state index in [4.69, 9.17) is 9.94 Å². The Labute approximate surface area is 164 Å². The number of ether oxygens (including phenoxy) is 1. The molecule has 1 aromatic rings. The number of hydrogen-bond acceptors (Lipinski definition) is 4. The van der Waals surface area contributed by atoms with Crippen LogP contribution in [0.25, 0.3) is 0 Å². The van der Waals surface area contributed by atoms with Crippen molar-refractivity contribution >= 4 is 6.03 Å². The molecule has 0 aromatic heterocycles. The van der Waals surface area contributed by atoms with E-state index in [9.17, 15) is 4.79 Å². The third kappa shape index (κ3) is 6.70. The second-order valence-electron chi connectivity index (χ2n) is 8.27. The summed E-state index contributed by atoms with van der Waals surface area (Å²) in [6, 6.07) is 5.97. The Balaban J connectivity index is 2.75. The fourth-order valence-corrected chi connectivity index (χ4v) is 2.56. The molecule has 3 N–H and O–H groups in total. The zero-order chi connectivity index (χ0) is 20.7. The molecule has 0 fully saturated rings. The maximum absolute atomic E-state index is 11.2. The van der Waals surface area contributed by atoms with Crippen molar-refractivity contribution in [2.24, 2.45) is 0 Å². The molecule has 1 rings (SSSR count). The average molecular weight is 380 g/mol. The van der Waals surface area contributed by atoms with E-state index in [2.05, 4.69) is 70.6 Å². The Hall–Kier alpha value is -1.79. The number of carbonyl (C=O) groups is 1. The molecule has 0 heterocycles. The van der Waals surface area contributed by atoms with Crippen LogP contribution >= 0.6 is 0 Å². The summed E-state index contributed by atoms with van der Waals surface area (Å²) in [4.78, 5) is 11.2. The Kier molecular flexibility index (Phi) is 8.57. The van der Waals surface area contributed by atoms with E-state index in [1.54, 1.807) is 0 Å². The van der Waals surface area contributed by atoms with Gasteiger partial charge in [0.25, 0.3) is 0 Å². The molecule has 0 saturated carbocycles. The van der Waals surface area contributed by atoms with E-state index >= 15 is 0 Å². The van der Waals surface area contributed by atoms with Crippen LogP contribution in [0.4, 0.5) is 4.79 Å². The lowest BCUT2D eigenvalue weighted by Gasteiger charge is -2.30. The fourth-order valence-electron chi connectivity index (χ4n) is 2.56. The number of amides is 2. The van der Waals surface area contributed by atoms with Gasteiger partial charge in [0.1, 0.15) is 5.75 Å². The molecule has 1 aromatic carbocycles. The standard InChI is InChI=1S/C21H37N3O3/c1-8-20(3,4)16-11-12-18(17(15-16)21(5,6)9-2)27-14-10-13-22-23-19(25)24(7)26/h11-12,15,22,26H,8-10,13-14H2,1-7H3,(H,23,25). The third-order valence-electron chi connectivity index (χ3n) is 5.45. The summed E-state index contributed by atoms with van der Waals surface area (Å²) >= 11 is 0. The van der Waals surface area contributed by atoms with E-state index in [0.717, 1.165) is 25.0 Å². The van der Waals surface area contributed by atoms with Gasteiger partial charge in [-0.05, 0) is 41.7 Å². The Bertz CT molecular complexity index is 613. The van der Waals surface area contributed by atoms with Crippen LogP contribution in [0.2, 0.25) is 0 Å².